The molecule has 0 aromatic heterocycles. The summed E-state index contributed by atoms with van der Waals surface area (Å²) in [6, 6.07) is 7.28. The summed E-state index contributed by atoms with van der Waals surface area (Å²) in [4.78, 5) is 0. The average Bonchev–Trinajstić information content (AvgIpc) is 2.34. The third-order valence-corrected chi connectivity index (χ3v) is 2.66. The highest BCUT2D eigenvalue weighted by atomic mass is 35.5. The second kappa shape index (κ2) is 6.12. The molecule has 0 amide bonds. The molecule has 1 atom stereocenters. The highest BCUT2D eigenvalue weighted by Gasteiger charge is 2.52. The first-order valence-electron chi connectivity index (χ1n) is 5.39. The van der Waals surface area contributed by atoms with E-state index in [0.29, 0.717) is 18.7 Å². The van der Waals surface area contributed by atoms with Crippen LogP contribution in [0.4, 0.5) is 13.2 Å². The molecule has 0 aliphatic rings. The zero-order valence-electron chi connectivity index (χ0n) is 9.60. The zero-order chi connectivity index (χ0) is 13.6. The average molecular weight is 276 g/mol. The molecule has 1 aromatic carbocycles. The zero-order valence-corrected chi connectivity index (χ0v) is 10.4. The standard InChI is InChI=1S/C13H13ClF3N/c14-10-6-2-5-9-12(18,13(15,16)17)11-7-3-1-4-8-11/h1,3-4,7-8H,2,6,10,18H2. The van der Waals surface area contributed by atoms with Gasteiger partial charge in [0.15, 0.2) is 5.54 Å². The Hall–Kier alpha value is -1.18. The van der Waals surface area contributed by atoms with Crippen molar-refractivity contribution < 1.29 is 13.2 Å². The van der Waals surface area contributed by atoms with Crippen LogP contribution < -0.4 is 5.73 Å². The first-order valence-corrected chi connectivity index (χ1v) is 5.92. The van der Waals surface area contributed by atoms with Gasteiger partial charge in [0.1, 0.15) is 0 Å². The lowest BCUT2D eigenvalue weighted by Crippen LogP contribution is -2.49. The van der Waals surface area contributed by atoms with Gasteiger partial charge in [-0.15, -0.1) is 17.5 Å². The molecule has 1 nitrogen and oxygen atoms in total. The van der Waals surface area contributed by atoms with Gasteiger partial charge >= 0.3 is 6.18 Å². The largest absolute Gasteiger partial charge is 0.422 e. The van der Waals surface area contributed by atoms with Crippen molar-refractivity contribution in [2.24, 2.45) is 5.73 Å². The maximum Gasteiger partial charge on any atom is 0.422 e. The van der Waals surface area contributed by atoms with E-state index in [1.54, 1.807) is 6.07 Å². The van der Waals surface area contributed by atoms with E-state index < -0.39 is 11.7 Å². The Morgan fingerprint density at radius 1 is 1.17 bits per heavy atom. The Morgan fingerprint density at radius 3 is 2.28 bits per heavy atom. The smallest absolute Gasteiger partial charge is 0.304 e. The Labute approximate surface area is 109 Å². The van der Waals surface area contributed by atoms with Gasteiger partial charge in [0.05, 0.1) is 0 Å². The van der Waals surface area contributed by atoms with E-state index in [0.717, 1.165) is 0 Å². The number of rotatable bonds is 3. The summed E-state index contributed by atoms with van der Waals surface area (Å²) in [5, 5.41) is 0. The monoisotopic (exact) mass is 275 g/mol. The van der Waals surface area contributed by atoms with Gasteiger partial charge < -0.3 is 5.73 Å². The van der Waals surface area contributed by atoms with Gasteiger partial charge in [0, 0.05) is 12.3 Å². The molecule has 18 heavy (non-hydrogen) atoms. The Kier molecular flexibility index (Phi) is 5.06. The molecule has 0 saturated carbocycles. The Morgan fingerprint density at radius 2 is 1.78 bits per heavy atom. The van der Waals surface area contributed by atoms with Crippen molar-refractivity contribution in [1.82, 2.24) is 0 Å². The van der Waals surface area contributed by atoms with Gasteiger partial charge in [-0.25, -0.2) is 0 Å². The molecule has 0 bridgehead atoms. The van der Waals surface area contributed by atoms with Crippen molar-refractivity contribution >= 4 is 11.6 Å². The molecule has 0 heterocycles. The van der Waals surface area contributed by atoms with E-state index in [1.807, 2.05) is 0 Å². The van der Waals surface area contributed by atoms with Crippen molar-refractivity contribution in [3.05, 3.63) is 35.9 Å². The molecule has 0 aliphatic carbocycles. The highest BCUT2D eigenvalue weighted by Crippen LogP contribution is 2.36. The van der Waals surface area contributed by atoms with Crippen LogP contribution in [0.5, 0.6) is 0 Å². The normalized spacial score (nSPS) is 14.5. The molecule has 5 heteroatoms. The van der Waals surface area contributed by atoms with Crippen LogP contribution in [0.2, 0.25) is 0 Å². The molecule has 2 N–H and O–H groups in total. The third kappa shape index (κ3) is 3.41. The van der Waals surface area contributed by atoms with Crippen molar-refractivity contribution in [3.63, 3.8) is 0 Å². The van der Waals surface area contributed by atoms with E-state index in [-0.39, 0.29) is 5.56 Å². The molecule has 0 radical (unpaired) electrons. The number of benzene rings is 1. The maximum atomic E-state index is 13.0. The van der Waals surface area contributed by atoms with E-state index in [2.05, 4.69) is 11.8 Å². The van der Waals surface area contributed by atoms with Crippen LogP contribution in [0.25, 0.3) is 0 Å². The van der Waals surface area contributed by atoms with Gasteiger partial charge in [-0.1, -0.05) is 36.3 Å². The van der Waals surface area contributed by atoms with Crippen LogP contribution in [-0.2, 0) is 5.54 Å². The minimum Gasteiger partial charge on any atom is -0.304 e. The minimum absolute atomic E-state index is 0.0594. The predicted molar refractivity (Wildman–Crippen MR) is 66.1 cm³/mol. The summed E-state index contributed by atoms with van der Waals surface area (Å²) in [6.45, 7) is 0. The summed E-state index contributed by atoms with van der Waals surface area (Å²) in [5.41, 5.74) is 2.76. The van der Waals surface area contributed by atoms with Gasteiger partial charge in [-0.2, -0.15) is 13.2 Å². The van der Waals surface area contributed by atoms with Crippen LogP contribution in [0, 0.1) is 11.8 Å². The van der Waals surface area contributed by atoms with Gasteiger partial charge in [0.2, 0.25) is 0 Å². The fourth-order valence-corrected chi connectivity index (χ4v) is 1.50. The molecule has 1 aromatic rings. The van der Waals surface area contributed by atoms with Gasteiger partial charge in [-0.05, 0) is 12.0 Å². The van der Waals surface area contributed by atoms with Crippen LogP contribution in [-0.4, -0.2) is 12.1 Å². The molecule has 0 saturated heterocycles. The Balaban J connectivity index is 3.07. The number of alkyl halides is 4. The quantitative estimate of drug-likeness (QED) is 0.510. The SMILES string of the molecule is NC(C#CCCCCl)(c1ccccc1)C(F)(F)F. The lowest BCUT2D eigenvalue weighted by molar-refractivity contribution is -0.171. The molecule has 0 spiro atoms. The van der Waals surface area contributed by atoms with Crippen molar-refractivity contribution in [2.75, 3.05) is 5.88 Å². The number of hydrogen-bond donors (Lipinski definition) is 1. The summed E-state index contributed by atoms with van der Waals surface area (Å²) >= 11 is 5.44. The van der Waals surface area contributed by atoms with Crippen LogP contribution >= 0.6 is 11.6 Å². The fourth-order valence-electron chi connectivity index (χ4n) is 1.36. The molecular weight excluding hydrogens is 263 g/mol. The third-order valence-electron chi connectivity index (χ3n) is 2.40. The van der Waals surface area contributed by atoms with Crippen LogP contribution in [0.3, 0.4) is 0 Å². The lowest BCUT2D eigenvalue weighted by Gasteiger charge is -2.27. The highest BCUT2D eigenvalue weighted by molar-refractivity contribution is 6.17. The van der Waals surface area contributed by atoms with Crippen molar-refractivity contribution in [3.8, 4) is 11.8 Å². The number of nitrogens with two attached hydrogens (primary N) is 1. The second-order valence-corrected chi connectivity index (χ2v) is 4.14. The predicted octanol–water partition coefficient (Wildman–Crippen LogP) is 3.43. The number of hydrogen-bond acceptors (Lipinski definition) is 1. The van der Waals surface area contributed by atoms with Gasteiger partial charge in [-0.3, -0.25) is 0 Å². The molecule has 0 fully saturated rings. The van der Waals surface area contributed by atoms with E-state index in [4.69, 9.17) is 17.3 Å². The van der Waals surface area contributed by atoms with Crippen LogP contribution in [0.15, 0.2) is 30.3 Å². The number of unbranched alkanes of at least 4 members (excludes halogenated alkanes) is 1. The topological polar surface area (TPSA) is 26.0 Å². The fraction of sp³-hybridized carbons (Fsp3) is 0.385. The first-order chi connectivity index (χ1) is 8.42. The summed E-state index contributed by atoms with van der Waals surface area (Å²) < 4.78 is 39.1. The molecule has 98 valence electrons. The molecule has 1 unspecified atom stereocenters. The maximum absolute atomic E-state index is 13.0. The van der Waals surface area contributed by atoms with Crippen molar-refractivity contribution in [1.29, 1.82) is 0 Å². The second-order valence-electron chi connectivity index (χ2n) is 3.77. The van der Waals surface area contributed by atoms with E-state index in [1.165, 1.54) is 24.3 Å². The molecule has 0 aliphatic heterocycles. The summed E-state index contributed by atoms with van der Waals surface area (Å²) in [7, 11) is 0. The number of halogens is 4. The summed E-state index contributed by atoms with van der Waals surface area (Å²) in [6.07, 6.45) is -3.79. The molecular formula is C13H13ClF3N. The van der Waals surface area contributed by atoms with E-state index >= 15 is 0 Å². The van der Waals surface area contributed by atoms with E-state index in [9.17, 15) is 13.2 Å². The lowest BCUT2D eigenvalue weighted by atomic mass is 9.90. The van der Waals surface area contributed by atoms with Gasteiger partial charge in [0.25, 0.3) is 0 Å². The Bertz CT molecular complexity index is 433. The minimum atomic E-state index is -4.62. The first kappa shape index (κ1) is 14.9. The van der Waals surface area contributed by atoms with Crippen LogP contribution in [0.1, 0.15) is 18.4 Å². The van der Waals surface area contributed by atoms with Crippen molar-refractivity contribution in [2.45, 2.75) is 24.6 Å². The summed E-state index contributed by atoms with van der Waals surface area (Å²) in [5.74, 6) is 4.95. The molecule has 1 rings (SSSR count).